The number of ether oxygens (including phenoxy) is 3. The normalized spacial score (nSPS) is 41.2. The van der Waals surface area contributed by atoms with Crippen molar-refractivity contribution < 1.29 is 23.8 Å². The molecule has 1 spiro atoms. The zero-order valence-corrected chi connectivity index (χ0v) is 16.1. The molecule has 1 saturated heterocycles. The number of methoxy groups -OCH3 is 1. The number of Topliss-reactive ketones (excluding diaryl/α,β-unsaturated/α-hetero) is 1. The maximum atomic E-state index is 12.7. The van der Waals surface area contributed by atoms with Crippen LogP contribution in [0.25, 0.3) is 0 Å². The van der Waals surface area contributed by atoms with Crippen LogP contribution in [0.2, 0.25) is 0 Å². The number of hydrogen-bond donors (Lipinski definition) is 0. The summed E-state index contributed by atoms with van der Waals surface area (Å²) in [5.41, 5.74) is 1.28. The van der Waals surface area contributed by atoms with E-state index >= 15 is 0 Å². The van der Waals surface area contributed by atoms with Crippen LogP contribution in [0, 0.1) is 22.7 Å². The second-order valence-electron chi connectivity index (χ2n) is 8.75. The van der Waals surface area contributed by atoms with Gasteiger partial charge in [0.05, 0.1) is 25.9 Å². The topological polar surface area (TPSA) is 61.8 Å². The molecule has 26 heavy (non-hydrogen) atoms. The van der Waals surface area contributed by atoms with Crippen LogP contribution in [0.15, 0.2) is 23.3 Å². The van der Waals surface area contributed by atoms with E-state index in [1.165, 1.54) is 12.7 Å². The van der Waals surface area contributed by atoms with Crippen molar-refractivity contribution in [2.24, 2.45) is 22.7 Å². The highest BCUT2D eigenvalue weighted by atomic mass is 16.7. The zero-order valence-electron chi connectivity index (χ0n) is 16.1. The van der Waals surface area contributed by atoms with Crippen LogP contribution in [0.1, 0.15) is 46.5 Å². The van der Waals surface area contributed by atoms with Crippen LogP contribution in [-0.4, -0.2) is 37.9 Å². The summed E-state index contributed by atoms with van der Waals surface area (Å²) in [5, 5.41) is 0. The highest BCUT2D eigenvalue weighted by molar-refractivity contribution is 6.18. The summed E-state index contributed by atoms with van der Waals surface area (Å²) in [4.78, 5) is 24.7. The highest BCUT2D eigenvalue weighted by Crippen LogP contribution is 2.63. The maximum absolute atomic E-state index is 12.7. The summed E-state index contributed by atoms with van der Waals surface area (Å²) >= 11 is 0. The minimum absolute atomic E-state index is 0.0826. The van der Waals surface area contributed by atoms with Crippen molar-refractivity contribution in [3.8, 4) is 0 Å². The molecule has 4 rings (SSSR count). The summed E-state index contributed by atoms with van der Waals surface area (Å²) in [7, 11) is 1.33. The van der Waals surface area contributed by atoms with E-state index in [4.69, 9.17) is 14.2 Å². The molecule has 1 saturated carbocycles. The molecule has 1 aliphatic heterocycles. The lowest BCUT2D eigenvalue weighted by Gasteiger charge is -2.58. The number of ketones is 1. The number of allylic oxidation sites excluding steroid dienone is 2. The zero-order chi connectivity index (χ0) is 18.7. The Morgan fingerprint density at radius 1 is 1.23 bits per heavy atom. The summed E-state index contributed by atoms with van der Waals surface area (Å²) in [6, 6.07) is 0. The minimum atomic E-state index is -0.515. The quantitative estimate of drug-likeness (QED) is 0.408. The van der Waals surface area contributed by atoms with E-state index in [1.54, 1.807) is 0 Å². The van der Waals surface area contributed by atoms with Crippen molar-refractivity contribution >= 4 is 11.8 Å². The van der Waals surface area contributed by atoms with Gasteiger partial charge in [-0.2, -0.15) is 0 Å². The van der Waals surface area contributed by atoms with Gasteiger partial charge < -0.3 is 14.2 Å². The predicted molar refractivity (Wildman–Crippen MR) is 95.2 cm³/mol. The molecule has 0 aromatic rings. The Labute approximate surface area is 154 Å². The first-order valence-corrected chi connectivity index (χ1v) is 9.59. The molecule has 2 fully saturated rings. The van der Waals surface area contributed by atoms with Crippen LogP contribution in [0.4, 0.5) is 0 Å². The average molecular weight is 360 g/mol. The van der Waals surface area contributed by atoms with Gasteiger partial charge in [0.25, 0.3) is 0 Å². The molecule has 4 aliphatic rings. The first kappa shape index (κ1) is 17.9. The van der Waals surface area contributed by atoms with Gasteiger partial charge in [-0.3, -0.25) is 4.79 Å². The van der Waals surface area contributed by atoms with E-state index in [1.807, 2.05) is 6.08 Å². The van der Waals surface area contributed by atoms with Gasteiger partial charge in [0, 0.05) is 18.8 Å². The van der Waals surface area contributed by atoms with Gasteiger partial charge in [0.1, 0.15) is 0 Å². The first-order valence-electron chi connectivity index (χ1n) is 9.59. The lowest BCUT2D eigenvalue weighted by Crippen LogP contribution is -2.55. The number of rotatable bonds is 1. The van der Waals surface area contributed by atoms with E-state index in [9.17, 15) is 9.59 Å². The molecule has 3 aliphatic carbocycles. The molecule has 0 radical (unpaired) electrons. The molecule has 1 heterocycles. The van der Waals surface area contributed by atoms with Gasteiger partial charge in [-0.1, -0.05) is 38.5 Å². The smallest absolute Gasteiger partial charge is 0.341 e. The Kier molecular flexibility index (Phi) is 3.98. The fourth-order valence-corrected chi connectivity index (χ4v) is 5.98. The van der Waals surface area contributed by atoms with Gasteiger partial charge in [-0.25, -0.2) is 4.79 Å². The van der Waals surface area contributed by atoms with Crippen LogP contribution >= 0.6 is 0 Å². The number of hydrogen-bond acceptors (Lipinski definition) is 5. The molecular formula is C21H28O5. The third-order valence-electron chi connectivity index (χ3n) is 7.45. The summed E-state index contributed by atoms with van der Waals surface area (Å²) < 4.78 is 16.9. The number of fused-ring (bicyclic) bond motifs is 3. The minimum Gasteiger partial charge on any atom is -0.465 e. The summed E-state index contributed by atoms with van der Waals surface area (Å²) in [6.07, 6.45) is 7.18. The van der Waals surface area contributed by atoms with E-state index in [2.05, 4.69) is 26.8 Å². The van der Waals surface area contributed by atoms with Crippen molar-refractivity contribution in [2.45, 2.75) is 52.2 Å². The average Bonchev–Trinajstić information content (AvgIpc) is 3.09. The van der Waals surface area contributed by atoms with Crippen molar-refractivity contribution in [1.29, 1.82) is 0 Å². The summed E-state index contributed by atoms with van der Waals surface area (Å²) in [5.74, 6) is -0.752. The Bertz CT molecular complexity index is 714. The van der Waals surface area contributed by atoms with Crippen molar-refractivity contribution in [3.63, 3.8) is 0 Å². The fourth-order valence-electron chi connectivity index (χ4n) is 5.98. The van der Waals surface area contributed by atoms with Crippen molar-refractivity contribution in [3.05, 3.63) is 23.3 Å². The van der Waals surface area contributed by atoms with E-state index in [0.29, 0.717) is 19.6 Å². The lowest BCUT2D eigenvalue weighted by molar-refractivity contribution is -0.211. The highest BCUT2D eigenvalue weighted by Gasteiger charge is 2.60. The largest absolute Gasteiger partial charge is 0.465 e. The molecule has 0 unspecified atom stereocenters. The molecule has 0 amide bonds. The van der Waals surface area contributed by atoms with Gasteiger partial charge in [-0.05, 0) is 29.6 Å². The second kappa shape index (κ2) is 5.77. The third-order valence-corrected chi connectivity index (χ3v) is 7.45. The molecule has 0 N–H and O–H groups in total. The first-order chi connectivity index (χ1) is 12.3. The SMILES string of the molecule is COC(=O)C1=C[C@]2(C)CC=C3[C@H](C)C4(CC[C@]3(C)[C@H]2CC1=O)OCCO4. The Morgan fingerprint density at radius 2 is 1.92 bits per heavy atom. The second-order valence-corrected chi connectivity index (χ2v) is 8.75. The molecule has 0 aromatic heterocycles. The van der Waals surface area contributed by atoms with Crippen molar-refractivity contribution in [1.82, 2.24) is 0 Å². The number of esters is 1. The Hall–Kier alpha value is -1.46. The molecule has 5 heteroatoms. The number of carbonyl (C=O) groups is 2. The van der Waals surface area contributed by atoms with Crippen LogP contribution in [0.3, 0.4) is 0 Å². The predicted octanol–water partition coefficient (Wildman–Crippen LogP) is 3.19. The molecule has 0 bridgehead atoms. The Morgan fingerprint density at radius 3 is 2.58 bits per heavy atom. The molecule has 142 valence electrons. The number of carbonyl (C=O) groups excluding carboxylic acids is 2. The van der Waals surface area contributed by atoms with E-state index in [0.717, 1.165) is 19.3 Å². The van der Waals surface area contributed by atoms with Crippen LogP contribution in [0.5, 0.6) is 0 Å². The maximum Gasteiger partial charge on any atom is 0.341 e. The molecule has 4 atom stereocenters. The van der Waals surface area contributed by atoms with Crippen LogP contribution < -0.4 is 0 Å². The lowest BCUT2D eigenvalue weighted by atomic mass is 9.47. The standard InChI is InChI=1S/C21H28O5/c1-13-15-5-6-19(2)12-14(18(23)24-4)16(22)11-17(19)20(15,3)7-8-21(13)25-9-10-26-21/h5,12-13,17H,6-11H2,1-4H3/t13-,17-,19-,20-/m0/s1. The van der Waals surface area contributed by atoms with Gasteiger partial charge >= 0.3 is 5.97 Å². The molecule has 5 nitrogen and oxygen atoms in total. The van der Waals surface area contributed by atoms with Crippen LogP contribution in [-0.2, 0) is 23.8 Å². The third kappa shape index (κ3) is 2.29. The van der Waals surface area contributed by atoms with Gasteiger partial charge in [0.2, 0.25) is 0 Å². The fraction of sp³-hybridized carbons (Fsp3) is 0.714. The van der Waals surface area contributed by atoms with Gasteiger partial charge in [-0.15, -0.1) is 0 Å². The molecule has 0 aromatic carbocycles. The van der Waals surface area contributed by atoms with E-state index < -0.39 is 11.8 Å². The molecular weight excluding hydrogens is 332 g/mol. The van der Waals surface area contributed by atoms with E-state index in [-0.39, 0.29) is 34.0 Å². The van der Waals surface area contributed by atoms with Gasteiger partial charge in [0.15, 0.2) is 11.6 Å². The summed E-state index contributed by atoms with van der Waals surface area (Å²) in [6.45, 7) is 7.95. The van der Waals surface area contributed by atoms with Crippen molar-refractivity contribution in [2.75, 3.05) is 20.3 Å². The monoisotopic (exact) mass is 360 g/mol. The Balaban J connectivity index is 1.74.